The van der Waals surface area contributed by atoms with E-state index in [1.54, 1.807) is 0 Å². The van der Waals surface area contributed by atoms with Crippen molar-refractivity contribution in [2.24, 2.45) is 0 Å². The molecule has 0 spiro atoms. The van der Waals surface area contributed by atoms with E-state index >= 15 is 0 Å². The van der Waals surface area contributed by atoms with Crippen LogP contribution in [0.2, 0.25) is 0 Å². The maximum atomic E-state index is 11.0. The molecule has 1 atom stereocenters. The molecule has 0 aromatic heterocycles. The monoisotopic (exact) mass is 282 g/mol. The van der Waals surface area contributed by atoms with Gasteiger partial charge in [-0.25, -0.2) is 0 Å². The Bertz CT molecular complexity index is 640. The maximum absolute atomic E-state index is 11.0. The Balaban J connectivity index is 1.98. The Kier molecular flexibility index (Phi) is 3.86. The number of nitrogens with one attached hydrogen (secondary N) is 1. The molecule has 1 unspecified atom stereocenters. The van der Waals surface area contributed by atoms with Gasteiger partial charge >= 0.3 is 0 Å². The van der Waals surface area contributed by atoms with Crippen molar-refractivity contribution in [1.29, 1.82) is 0 Å². The summed E-state index contributed by atoms with van der Waals surface area (Å²) >= 11 is 0. The summed E-state index contributed by atoms with van der Waals surface area (Å²) in [6.45, 7) is 0.930. The third kappa shape index (κ3) is 3.05. The molecule has 0 bridgehead atoms. The van der Waals surface area contributed by atoms with Crippen molar-refractivity contribution in [3.05, 3.63) is 75.3 Å². The maximum Gasteiger partial charge on any atom is 0.214 e. The van der Waals surface area contributed by atoms with Crippen molar-refractivity contribution in [2.75, 3.05) is 18.4 Å². The number of anilines is 1. The van der Waals surface area contributed by atoms with Crippen molar-refractivity contribution in [3.63, 3.8) is 0 Å². The van der Waals surface area contributed by atoms with Gasteiger partial charge in [-0.05, 0) is 35.6 Å². The zero-order valence-electron chi connectivity index (χ0n) is 11.8. The van der Waals surface area contributed by atoms with Crippen molar-refractivity contribution < 1.29 is 4.92 Å². The minimum atomic E-state index is -0.227. The molecule has 1 heterocycles. The van der Waals surface area contributed by atoms with E-state index in [1.165, 1.54) is 5.56 Å². The summed E-state index contributed by atoms with van der Waals surface area (Å²) in [4.78, 5) is 10.8. The summed E-state index contributed by atoms with van der Waals surface area (Å²) in [5.41, 5.74) is 4.46. The predicted molar refractivity (Wildman–Crippen MR) is 83.4 cm³/mol. The topological polar surface area (TPSA) is 55.2 Å². The summed E-state index contributed by atoms with van der Waals surface area (Å²) in [5.74, 6) is -0.187. The Morgan fingerprint density at radius 3 is 2.71 bits per heavy atom. The van der Waals surface area contributed by atoms with Crippen molar-refractivity contribution >= 4 is 5.69 Å². The molecule has 108 valence electrons. The van der Waals surface area contributed by atoms with Gasteiger partial charge in [0.05, 0.1) is 5.92 Å². The van der Waals surface area contributed by atoms with Crippen LogP contribution < -0.4 is 5.32 Å². The number of nitrogens with zero attached hydrogens (tertiary/aromatic N) is 1. The quantitative estimate of drug-likeness (QED) is 0.690. The number of rotatable bonds is 4. The highest BCUT2D eigenvalue weighted by molar-refractivity contribution is 5.55. The molecule has 0 saturated carbocycles. The molecule has 4 heteroatoms. The predicted octanol–water partition coefficient (Wildman–Crippen LogP) is 3.45. The number of hydrogen-bond donors (Lipinski definition) is 1. The molecular weight excluding hydrogens is 264 g/mol. The van der Waals surface area contributed by atoms with Crippen LogP contribution in [0.4, 0.5) is 5.69 Å². The largest absolute Gasteiger partial charge is 0.385 e. The van der Waals surface area contributed by atoms with Crippen LogP contribution in [-0.4, -0.2) is 18.0 Å². The zero-order valence-corrected chi connectivity index (χ0v) is 11.8. The first-order valence-corrected chi connectivity index (χ1v) is 7.27. The fraction of sp³-hybridized carbons (Fsp3) is 0.294. The number of benzene rings is 2. The molecule has 2 aromatic carbocycles. The third-order valence-corrected chi connectivity index (χ3v) is 4.00. The lowest BCUT2D eigenvalue weighted by molar-refractivity contribution is -0.481. The second-order valence-corrected chi connectivity index (χ2v) is 5.43. The molecular formula is C17H18N2O2. The van der Waals surface area contributed by atoms with Crippen LogP contribution >= 0.6 is 0 Å². The summed E-state index contributed by atoms with van der Waals surface area (Å²) < 4.78 is 0. The van der Waals surface area contributed by atoms with E-state index in [2.05, 4.69) is 17.4 Å². The molecule has 0 saturated heterocycles. The standard InChI is InChI=1S/C17H18N2O2/c20-19(21)12-16(13-5-2-1-3-6-13)14-8-9-17-15(11-14)7-4-10-18-17/h1-3,5-6,8-9,11,16,18H,4,7,10,12H2. The van der Waals surface area contributed by atoms with E-state index in [0.717, 1.165) is 36.2 Å². The fourth-order valence-corrected chi connectivity index (χ4v) is 2.95. The van der Waals surface area contributed by atoms with Gasteiger partial charge in [0.2, 0.25) is 6.54 Å². The van der Waals surface area contributed by atoms with Gasteiger partial charge in [-0.15, -0.1) is 0 Å². The minimum absolute atomic E-state index is 0.0732. The van der Waals surface area contributed by atoms with E-state index < -0.39 is 0 Å². The molecule has 0 radical (unpaired) electrons. The van der Waals surface area contributed by atoms with Gasteiger partial charge in [-0.3, -0.25) is 10.1 Å². The highest BCUT2D eigenvalue weighted by Crippen LogP contribution is 2.30. The van der Waals surface area contributed by atoms with Crippen LogP contribution in [0.1, 0.15) is 29.0 Å². The van der Waals surface area contributed by atoms with Crippen molar-refractivity contribution in [1.82, 2.24) is 0 Å². The van der Waals surface area contributed by atoms with E-state index in [1.807, 2.05) is 36.4 Å². The molecule has 2 aromatic rings. The van der Waals surface area contributed by atoms with Gasteiger partial charge in [0.15, 0.2) is 0 Å². The van der Waals surface area contributed by atoms with Gasteiger partial charge in [-0.2, -0.15) is 0 Å². The molecule has 4 nitrogen and oxygen atoms in total. The molecule has 0 fully saturated rings. The summed E-state index contributed by atoms with van der Waals surface area (Å²) in [5, 5.41) is 14.4. The summed E-state index contributed by atoms with van der Waals surface area (Å²) in [6, 6.07) is 15.9. The Morgan fingerprint density at radius 2 is 1.95 bits per heavy atom. The minimum Gasteiger partial charge on any atom is -0.385 e. The lowest BCUT2D eigenvalue weighted by Gasteiger charge is -2.21. The molecule has 21 heavy (non-hydrogen) atoms. The van der Waals surface area contributed by atoms with Gasteiger partial charge in [-0.1, -0.05) is 42.5 Å². The summed E-state index contributed by atoms with van der Waals surface area (Å²) in [7, 11) is 0. The van der Waals surface area contributed by atoms with Gasteiger partial charge < -0.3 is 5.32 Å². The van der Waals surface area contributed by atoms with Crippen LogP contribution in [-0.2, 0) is 6.42 Å². The lowest BCUT2D eigenvalue weighted by Crippen LogP contribution is -2.16. The molecule has 1 N–H and O–H groups in total. The van der Waals surface area contributed by atoms with Gasteiger partial charge in [0.25, 0.3) is 0 Å². The summed E-state index contributed by atoms with van der Waals surface area (Å²) in [6.07, 6.45) is 2.15. The molecule has 1 aliphatic rings. The van der Waals surface area contributed by atoms with E-state index in [0.29, 0.717) is 0 Å². The first-order valence-electron chi connectivity index (χ1n) is 7.27. The second kappa shape index (κ2) is 5.95. The molecule has 0 aliphatic carbocycles. The van der Waals surface area contributed by atoms with E-state index in [9.17, 15) is 10.1 Å². The van der Waals surface area contributed by atoms with E-state index in [-0.39, 0.29) is 17.4 Å². The lowest BCUT2D eigenvalue weighted by atomic mass is 9.88. The van der Waals surface area contributed by atoms with Crippen LogP contribution in [0, 0.1) is 10.1 Å². The number of nitro groups is 1. The van der Waals surface area contributed by atoms with Crippen LogP contribution in [0.5, 0.6) is 0 Å². The molecule has 3 rings (SSSR count). The van der Waals surface area contributed by atoms with Crippen LogP contribution in [0.3, 0.4) is 0 Å². The average Bonchev–Trinajstić information content (AvgIpc) is 2.53. The molecule has 1 aliphatic heterocycles. The highest BCUT2D eigenvalue weighted by Gasteiger charge is 2.21. The Morgan fingerprint density at radius 1 is 1.14 bits per heavy atom. The normalized spacial score (nSPS) is 14.9. The fourth-order valence-electron chi connectivity index (χ4n) is 2.95. The van der Waals surface area contributed by atoms with Crippen molar-refractivity contribution in [2.45, 2.75) is 18.8 Å². The number of hydrogen-bond acceptors (Lipinski definition) is 3. The third-order valence-electron chi connectivity index (χ3n) is 4.00. The first-order chi connectivity index (χ1) is 10.2. The Hall–Kier alpha value is -2.36. The zero-order chi connectivity index (χ0) is 14.7. The Labute approximate surface area is 124 Å². The SMILES string of the molecule is O=[N+]([O-])CC(c1ccccc1)c1ccc2c(c1)CCCN2. The second-order valence-electron chi connectivity index (χ2n) is 5.43. The number of fused-ring (bicyclic) bond motifs is 1. The van der Waals surface area contributed by atoms with Crippen LogP contribution in [0.25, 0.3) is 0 Å². The highest BCUT2D eigenvalue weighted by atomic mass is 16.6. The van der Waals surface area contributed by atoms with Crippen molar-refractivity contribution in [3.8, 4) is 0 Å². The number of aryl methyl sites for hydroxylation is 1. The van der Waals surface area contributed by atoms with Crippen LogP contribution in [0.15, 0.2) is 48.5 Å². The first kappa shape index (κ1) is 13.6. The smallest absolute Gasteiger partial charge is 0.214 e. The van der Waals surface area contributed by atoms with Gasteiger partial charge in [0.1, 0.15) is 0 Å². The van der Waals surface area contributed by atoms with E-state index in [4.69, 9.17) is 0 Å². The average molecular weight is 282 g/mol. The molecule has 0 amide bonds. The van der Waals surface area contributed by atoms with Gasteiger partial charge in [0, 0.05) is 17.2 Å².